The minimum Gasteiger partial charge on any atom is -0.480 e. The summed E-state index contributed by atoms with van der Waals surface area (Å²) in [6.45, 7) is 3.36. The van der Waals surface area contributed by atoms with Crippen molar-refractivity contribution in [3.05, 3.63) is 35.9 Å². The number of amides is 4. The van der Waals surface area contributed by atoms with Crippen molar-refractivity contribution in [1.82, 2.24) is 20.4 Å². The van der Waals surface area contributed by atoms with Gasteiger partial charge in [0.05, 0.1) is 5.92 Å². The summed E-state index contributed by atoms with van der Waals surface area (Å²) >= 11 is 0. The monoisotopic (exact) mass is 530 g/mol. The van der Waals surface area contributed by atoms with E-state index in [9.17, 15) is 29.1 Å². The maximum atomic E-state index is 12.9. The zero-order chi connectivity index (χ0) is 27.5. The Hall–Kier alpha value is -3.63. The number of aliphatic carboxylic acids is 1. The Balaban J connectivity index is 1.35. The lowest BCUT2D eigenvalue weighted by Crippen LogP contribution is -2.51. The predicted molar refractivity (Wildman–Crippen MR) is 138 cm³/mol. The summed E-state index contributed by atoms with van der Waals surface area (Å²) < 4.78 is 5.41. The lowest BCUT2D eigenvalue weighted by molar-refractivity contribution is -0.141. The third kappa shape index (κ3) is 9.04. The standard InChI is InChI=1S/C27H38N4O7/c1-19(32)29-23(26(35)36)16-28-25(34)22-8-5-13-31(17-22)24(33)10-9-20-11-14-30(15-12-20)27(37)38-18-21-6-3-2-4-7-21/h2-4,6-7,20,22-23H,5,8-18H2,1H3,(H,28,34)(H,29,32)(H,35,36)/t22-,23-/m1/s1. The van der Waals surface area contributed by atoms with Gasteiger partial charge < -0.3 is 30.3 Å². The Morgan fingerprint density at radius 2 is 1.74 bits per heavy atom. The smallest absolute Gasteiger partial charge is 0.410 e. The number of nitrogens with one attached hydrogen (secondary N) is 2. The van der Waals surface area contributed by atoms with E-state index in [2.05, 4.69) is 10.6 Å². The van der Waals surface area contributed by atoms with Crippen LogP contribution in [0.3, 0.4) is 0 Å². The number of piperidine rings is 2. The summed E-state index contributed by atoms with van der Waals surface area (Å²) in [7, 11) is 0. The predicted octanol–water partition coefficient (Wildman–Crippen LogP) is 1.76. The first-order chi connectivity index (χ1) is 18.2. The Labute approximate surface area is 222 Å². The van der Waals surface area contributed by atoms with Crippen molar-refractivity contribution in [2.75, 3.05) is 32.7 Å². The summed E-state index contributed by atoms with van der Waals surface area (Å²) in [5, 5.41) is 14.1. The van der Waals surface area contributed by atoms with E-state index in [-0.39, 0.29) is 31.1 Å². The first-order valence-electron chi connectivity index (χ1n) is 13.2. The molecule has 11 heteroatoms. The van der Waals surface area contributed by atoms with Crippen LogP contribution in [0.4, 0.5) is 4.79 Å². The minimum atomic E-state index is -1.23. The van der Waals surface area contributed by atoms with Crippen LogP contribution in [0.25, 0.3) is 0 Å². The van der Waals surface area contributed by atoms with E-state index in [0.29, 0.717) is 51.4 Å². The number of ether oxygens (including phenoxy) is 1. The molecule has 0 bridgehead atoms. The first kappa shape index (κ1) is 28.9. The molecular formula is C27H38N4O7. The molecule has 0 unspecified atom stereocenters. The van der Waals surface area contributed by atoms with Gasteiger partial charge in [0.2, 0.25) is 17.7 Å². The van der Waals surface area contributed by atoms with Crippen molar-refractivity contribution in [1.29, 1.82) is 0 Å². The van der Waals surface area contributed by atoms with Crippen LogP contribution < -0.4 is 10.6 Å². The van der Waals surface area contributed by atoms with E-state index in [1.807, 2.05) is 30.3 Å². The summed E-state index contributed by atoms with van der Waals surface area (Å²) in [6, 6.07) is 8.35. The van der Waals surface area contributed by atoms with Crippen LogP contribution in [-0.4, -0.2) is 83.5 Å². The zero-order valence-electron chi connectivity index (χ0n) is 21.9. The van der Waals surface area contributed by atoms with Crippen LogP contribution in [0.2, 0.25) is 0 Å². The molecule has 0 spiro atoms. The molecule has 1 aromatic rings. The largest absolute Gasteiger partial charge is 0.480 e. The molecule has 0 saturated carbocycles. The van der Waals surface area contributed by atoms with Crippen LogP contribution in [0, 0.1) is 11.8 Å². The molecule has 2 aliphatic heterocycles. The van der Waals surface area contributed by atoms with Crippen molar-refractivity contribution in [2.45, 2.75) is 58.1 Å². The molecule has 11 nitrogen and oxygen atoms in total. The van der Waals surface area contributed by atoms with Gasteiger partial charge in [-0.25, -0.2) is 9.59 Å². The second kappa shape index (κ2) is 14.3. The van der Waals surface area contributed by atoms with Gasteiger partial charge in [-0.1, -0.05) is 30.3 Å². The van der Waals surface area contributed by atoms with E-state index in [0.717, 1.165) is 24.8 Å². The quantitative estimate of drug-likeness (QED) is 0.418. The fourth-order valence-corrected chi connectivity index (χ4v) is 4.91. The summed E-state index contributed by atoms with van der Waals surface area (Å²) in [5.74, 6) is -2.09. The molecule has 208 valence electrons. The fourth-order valence-electron chi connectivity index (χ4n) is 4.91. The number of hydrogen-bond acceptors (Lipinski definition) is 6. The van der Waals surface area contributed by atoms with Crippen LogP contribution in [0.15, 0.2) is 30.3 Å². The molecule has 2 atom stereocenters. The van der Waals surface area contributed by atoms with E-state index in [1.165, 1.54) is 6.92 Å². The summed E-state index contributed by atoms with van der Waals surface area (Å²) in [4.78, 5) is 63.7. The number of likely N-dealkylation sites (tertiary alicyclic amines) is 2. The fraction of sp³-hybridized carbons (Fsp3) is 0.593. The number of rotatable bonds is 10. The van der Waals surface area contributed by atoms with E-state index >= 15 is 0 Å². The molecular weight excluding hydrogens is 492 g/mol. The number of benzene rings is 1. The van der Waals surface area contributed by atoms with Crippen LogP contribution in [0.5, 0.6) is 0 Å². The highest BCUT2D eigenvalue weighted by Gasteiger charge is 2.30. The minimum absolute atomic E-state index is 0.00820. The molecule has 0 aromatic heterocycles. The highest BCUT2D eigenvalue weighted by Crippen LogP contribution is 2.24. The maximum absolute atomic E-state index is 12.9. The van der Waals surface area contributed by atoms with Crippen LogP contribution >= 0.6 is 0 Å². The van der Waals surface area contributed by atoms with Gasteiger partial charge >= 0.3 is 12.1 Å². The molecule has 2 heterocycles. The molecule has 4 amide bonds. The van der Waals surface area contributed by atoms with Crippen LogP contribution in [-0.2, 0) is 30.5 Å². The number of carbonyl (C=O) groups excluding carboxylic acids is 4. The Bertz CT molecular complexity index is 979. The van der Waals surface area contributed by atoms with Gasteiger partial charge in [0.15, 0.2) is 0 Å². The van der Waals surface area contributed by atoms with Crippen LogP contribution in [0.1, 0.15) is 51.0 Å². The molecule has 1 aromatic carbocycles. The second-order valence-corrected chi connectivity index (χ2v) is 10.0. The number of carboxylic acid groups (broad SMARTS) is 1. The highest BCUT2D eigenvalue weighted by atomic mass is 16.6. The number of hydrogen-bond donors (Lipinski definition) is 3. The second-order valence-electron chi connectivity index (χ2n) is 10.0. The Kier molecular flexibility index (Phi) is 10.9. The van der Waals surface area contributed by atoms with Gasteiger partial charge in [0.25, 0.3) is 0 Å². The Morgan fingerprint density at radius 3 is 2.39 bits per heavy atom. The molecule has 0 aliphatic carbocycles. The lowest BCUT2D eigenvalue weighted by atomic mass is 9.91. The van der Waals surface area contributed by atoms with E-state index in [1.54, 1.807) is 9.80 Å². The van der Waals surface area contributed by atoms with E-state index in [4.69, 9.17) is 4.74 Å². The number of nitrogens with zero attached hydrogens (tertiary/aromatic N) is 2. The molecule has 3 rings (SSSR count). The maximum Gasteiger partial charge on any atom is 0.410 e. The topological polar surface area (TPSA) is 145 Å². The van der Waals surface area contributed by atoms with E-state index < -0.39 is 23.8 Å². The van der Waals surface area contributed by atoms with Crippen molar-refractivity contribution < 1.29 is 33.8 Å². The molecule has 0 radical (unpaired) electrons. The molecule has 2 fully saturated rings. The third-order valence-electron chi connectivity index (χ3n) is 7.15. The van der Waals surface area contributed by atoms with Crippen molar-refractivity contribution >= 4 is 29.8 Å². The average molecular weight is 531 g/mol. The Morgan fingerprint density at radius 1 is 1.03 bits per heavy atom. The molecule has 3 N–H and O–H groups in total. The summed E-state index contributed by atoms with van der Waals surface area (Å²) in [6.07, 6.45) is 3.76. The van der Waals surface area contributed by atoms with Crippen molar-refractivity contribution in [3.63, 3.8) is 0 Å². The normalized spacial score (nSPS) is 18.8. The lowest BCUT2D eigenvalue weighted by Gasteiger charge is -2.34. The SMILES string of the molecule is CC(=O)N[C@H](CNC(=O)[C@@H]1CCCN(C(=O)CCC2CCN(C(=O)OCc3ccccc3)CC2)C1)C(=O)O. The summed E-state index contributed by atoms with van der Waals surface area (Å²) in [5.41, 5.74) is 0.945. The van der Waals surface area contributed by atoms with Gasteiger partial charge in [0.1, 0.15) is 12.6 Å². The van der Waals surface area contributed by atoms with Gasteiger partial charge in [-0.2, -0.15) is 0 Å². The average Bonchev–Trinajstić information content (AvgIpc) is 2.93. The number of carbonyl (C=O) groups is 5. The zero-order valence-corrected chi connectivity index (χ0v) is 21.9. The molecule has 38 heavy (non-hydrogen) atoms. The molecule has 2 saturated heterocycles. The van der Waals surface area contributed by atoms with Crippen molar-refractivity contribution in [2.24, 2.45) is 11.8 Å². The van der Waals surface area contributed by atoms with Gasteiger partial charge in [-0.15, -0.1) is 0 Å². The van der Waals surface area contributed by atoms with Gasteiger partial charge in [-0.05, 0) is 43.6 Å². The molecule has 2 aliphatic rings. The first-order valence-corrected chi connectivity index (χ1v) is 13.2. The highest BCUT2D eigenvalue weighted by molar-refractivity contribution is 5.84. The van der Waals surface area contributed by atoms with Gasteiger partial charge in [0, 0.05) is 46.1 Å². The number of carboxylic acids is 1. The van der Waals surface area contributed by atoms with Crippen molar-refractivity contribution in [3.8, 4) is 0 Å². The third-order valence-corrected chi connectivity index (χ3v) is 7.15. The van der Waals surface area contributed by atoms with Gasteiger partial charge in [-0.3, -0.25) is 14.4 Å².